The van der Waals surface area contributed by atoms with Crippen LogP contribution in [0.25, 0.3) is 0 Å². The smallest absolute Gasteiger partial charge is 0.258 e. The number of phenolic OH excluding ortho intramolecular Hbond substituents is 1. The predicted molar refractivity (Wildman–Crippen MR) is 78.7 cm³/mol. The molecule has 0 radical (unpaired) electrons. The Hall–Kier alpha value is -1.42. The summed E-state index contributed by atoms with van der Waals surface area (Å²) in [5.41, 5.74) is 0.297. The molecule has 1 N–H and O–H groups in total. The maximum absolute atomic E-state index is 12.6. The molecule has 0 spiro atoms. The predicted octanol–water partition coefficient (Wildman–Crippen LogP) is 3.02. The number of amides is 1. The third-order valence-corrected chi connectivity index (χ3v) is 4.03. The van der Waals surface area contributed by atoms with Gasteiger partial charge in [-0.3, -0.25) is 4.79 Å². The highest BCUT2D eigenvalue weighted by Crippen LogP contribution is 2.33. The van der Waals surface area contributed by atoms with E-state index in [9.17, 15) is 9.90 Å². The molecule has 0 unspecified atom stereocenters. The molecular weight excluding hydrogens is 278 g/mol. The molecule has 1 saturated carbocycles. The zero-order valence-electron chi connectivity index (χ0n) is 11.6. The first kappa shape index (κ1) is 15.0. The zero-order valence-corrected chi connectivity index (χ0v) is 12.4. The van der Waals surface area contributed by atoms with E-state index in [4.69, 9.17) is 16.3 Å². The van der Waals surface area contributed by atoms with Crippen molar-refractivity contribution in [1.82, 2.24) is 4.90 Å². The van der Waals surface area contributed by atoms with Gasteiger partial charge in [-0.15, -0.1) is 11.6 Å². The zero-order chi connectivity index (χ0) is 14.5. The normalized spacial score (nSPS) is 14.7. The fourth-order valence-corrected chi connectivity index (χ4v) is 2.51. The summed E-state index contributed by atoms with van der Waals surface area (Å²) >= 11 is 5.73. The van der Waals surface area contributed by atoms with E-state index in [2.05, 4.69) is 0 Å². The molecule has 4 nitrogen and oxygen atoms in total. The monoisotopic (exact) mass is 297 g/mol. The molecule has 0 bridgehead atoms. The van der Waals surface area contributed by atoms with E-state index in [-0.39, 0.29) is 17.7 Å². The van der Waals surface area contributed by atoms with Crippen LogP contribution in [0.2, 0.25) is 0 Å². The van der Waals surface area contributed by atoms with Gasteiger partial charge in [0.05, 0.1) is 12.7 Å². The lowest BCUT2D eigenvalue weighted by molar-refractivity contribution is 0.0577. The molecule has 1 aromatic rings. The number of carbonyl (C=O) groups is 1. The van der Waals surface area contributed by atoms with Crippen molar-refractivity contribution in [3.8, 4) is 11.5 Å². The van der Waals surface area contributed by atoms with Crippen molar-refractivity contribution in [2.24, 2.45) is 0 Å². The van der Waals surface area contributed by atoms with Crippen molar-refractivity contribution in [3.63, 3.8) is 0 Å². The highest BCUT2D eigenvalue weighted by atomic mass is 35.5. The molecular formula is C15H20ClNO3. The number of nitrogens with zero attached hydrogens (tertiary/aromatic N) is 1. The minimum atomic E-state index is -0.142. The number of aromatic hydroxyl groups is 1. The second-order valence-corrected chi connectivity index (χ2v) is 5.36. The summed E-state index contributed by atoms with van der Waals surface area (Å²) in [5, 5.41) is 10.1. The van der Waals surface area contributed by atoms with E-state index in [1.54, 1.807) is 18.2 Å². The lowest BCUT2D eigenvalue weighted by Gasteiger charge is -2.37. The fraction of sp³-hybridized carbons (Fsp3) is 0.533. The Bertz CT molecular complexity index is 474. The Morgan fingerprint density at radius 3 is 2.80 bits per heavy atom. The van der Waals surface area contributed by atoms with Gasteiger partial charge in [-0.05, 0) is 37.8 Å². The lowest BCUT2D eigenvalue weighted by atomic mass is 9.90. The van der Waals surface area contributed by atoms with Gasteiger partial charge in [0.25, 0.3) is 5.91 Å². The van der Waals surface area contributed by atoms with Crippen LogP contribution in [0.15, 0.2) is 18.2 Å². The minimum Gasteiger partial charge on any atom is -0.504 e. The molecule has 0 heterocycles. The van der Waals surface area contributed by atoms with Gasteiger partial charge < -0.3 is 14.7 Å². The number of alkyl halides is 1. The van der Waals surface area contributed by atoms with Crippen LogP contribution in [0.1, 0.15) is 36.0 Å². The summed E-state index contributed by atoms with van der Waals surface area (Å²) in [5.74, 6) is 0.619. The quantitative estimate of drug-likeness (QED) is 0.821. The van der Waals surface area contributed by atoms with E-state index >= 15 is 0 Å². The standard InChI is InChI=1S/C15H20ClNO3/c1-20-13-8-3-7-12(14(13)18)15(19)17(10-4-9-16)11-5-2-6-11/h3,7-8,11,18H,2,4-6,9-10H2,1H3. The SMILES string of the molecule is COc1cccc(C(=O)N(CCCCl)C2CCC2)c1O. The number of rotatable bonds is 6. The molecule has 0 aliphatic heterocycles. The van der Waals surface area contributed by atoms with Crippen LogP contribution in [0.5, 0.6) is 11.5 Å². The number of carbonyl (C=O) groups excluding carboxylic acids is 1. The summed E-state index contributed by atoms with van der Waals surface area (Å²) in [6, 6.07) is 5.26. The van der Waals surface area contributed by atoms with E-state index in [0.717, 1.165) is 25.7 Å². The summed E-state index contributed by atoms with van der Waals surface area (Å²) in [7, 11) is 1.47. The van der Waals surface area contributed by atoms with Crippen molar-refractivity contribution in [2.45, 2.75) is 31.7 Å². The Morgan fingerprint density at radius 1 is 1.50 bits per heavy atom. The third-order valence-electron chi connectivity index (χ3n) is 3.76. The summed E-state index contributed by atoms with van der Waals surface area (Å²) in [4.78, 5) is 14.5. The largest absolute Gasteiger partial charge is 0.504 e. The van der Waals surface area contributed by atoms with Crippen molar-refractivity contribution in [1.29, 1.82) is 0 Å². The molecule has 1 aromatic carbocycles. The molecule has 20 heavy (non-hydrogen) atoms. The van der Waals surface area contributed by atoms with Crippen molar-refractivity contribution >= 4 is 17.5 Å². The number of hydrogen-bond acceptors (Lipinski definition) is 3. The number of ether oxygens (including phenoxy) is 1. The van der Waals surface area contributed by atoms with E-state index in [1.807, 2.05) is 4.90 Å². The first-order valence-electron chi connectivity index (χ1n) is 6.92. The van der Waals surface area contributed by atoms with Gasteiger partial charge in [0.1, 0.15) is 0 Å². The van der Waals surface area contributed by atoms with Gasteiger partial charge in [0.2, 0.25) is 0 Å². The van der Waals surface area contributed by atoms with Gasteiger partial charge in [0.15, 0.2) is 11.5 Å². The van der Waals surface area contributed by atoms with E-state index in [1.165, 1.54) is 7.11 Å². The Morgan fingerprint density at radius 2 is 2.25 bits per heavy atom. The first-order valence-corrected chi connectivity index (χ1v) is 7.45. The summed E-state index contributed by atoms with van der Waals surface area (Å²) < 4.78 is 5.06. The van der Waals surface area contributed by atoms with Gasteiger partial charge >= 0.3 is 0 Å². The van der Waals surface area contributed by atoms with Gasteiger partial charge in [0, 0.05) is 18.5 Å². The van der Waals surface area contributed by atoms with Crippen LogP contribution >= 0.6 is 11.6 Å². The molecule has 1 fully saturated rings. The molecule has 0 saturated heterocycles. The fourth-order valence-electron chi connectivity index (χ4n) is 2.39. The second kappa shape index (κ2) is 6.84. The van der Waals surface area contributed by atoms with E-state index in [0.29, 0.717) is 23.7 Å². The molecule has 5 heteroatoms. The maximum Gasteiger partial charge on any atom is 0.258 e. The summed E-state index contributed by atoms with van der Waals surface area (Å²) in [6.45, 7) is 0.629. The first-order chi connectivity index (χ1) is 9.69. The molecule has 1 amide bonds. The van der Waals surface area contributed by atoms with Crippen LogP contribution in [-0.4, -0.2) is 41.5 Å². The third kappa shape index (κ3) is 3.01. The van der Waals surface area contributed by atoms with Crippen molar-refractivity contribution < 1.29 is 14.6 Å². The summed E-state index contributed by atoms with van der Waals surface area (Å²) in [6.07, 6.45) is 3.96. The Labute approximate surface area is 124 Å². The Balaban J connectivity index is 2.22. The number of benzene rings is 1. The molecule has 0 atom stereocenters. The second-order valence-electron chi connectivity index (χ2n) is 4.98. The number of hydrogen-bond donors (Lipinski definition) is 1. The van der Waals surface area contributed by atoms with Crippen molar-refractivity contribution in [3.05, 3.63) is 23.8 Å². The number of phenols is 1. The van der Waals surface area contributed by atoms with Gasteiger partial charge in [-0.2, -0.15) is 0 Å². The topological polar surface area (TPSA) is 49.8 Å². The van der Waals surface area contributed by atoms with Crippen molar-refractivity contribution in [2.75, 3.05) is 19.5 Å². The van der Waals surface area contributed by atoms with Crippen LogP contribution in [0.3, 0.4) is 0 Å². The van der Waals surface area contributed by atoms with Crippen LogP contribution < -0.4 is 4.74 Å². The lowest BCUT2D eigenvalue weighted by Crippen LogP contribution is -2.44. The average Bonchev–Trinajstić information content (AvgIpc) is 2.40. The molecule has 110 valence electrons. The maximum atomic E-state index is 12.6. The highest BCUT2D eigenvalue weighted by molar-refractivity contribution is 6.17. The van der Waals surface area contributed by atoms with Gasteiger partial charge in [-0.1, -0.05) is 6.07 Å². The van der Waals surface area contributed by atoms with Crippen LogP contribution in [0, 0.1) is 0 Å². The highest BCUT2D eigenvalue weighted by Gasteiger charge is 2.30. The molecule has 1 aliphatic rings. The molecule has 0 aromatic heterocycles. The number of methoxy groups -OCH3 is 1. The van der Waals surface area contributed by atoms with Crippen LogP contribution in [-0.2, 0) is 0 Å². The van der Waals surface area contributed by atoms with E-state index < -0.39 is 0 Å². The minimum absolute atomic E-state index is 0.0878. The average molecular weight is 298 g/mol. The number of para-hydroxylation sites is 1. The Kier molecular flexibility index (Phi) is 5.12. The molecule has 2 rings (SSSR count). The van der Waals surface area contributed by atoms with Gasteiger partial charge in [-0.25, -0.2) is 0 Å². The molecule has 1 aliphatic carbocycles. The number of halogens is 1. The van der Waals surface area contributed by atoms with Crippen LogP contribution in [0.4, 0.5) is 0 Å².